The molecule has 1 aliphatic rings. The average Bonchev–Trinajstić information content (AvgIpc) is 2.66. The lowest BCUT2D eigenvalue weighted by molar-refractivity contribution is -0.130. The smallest absolute Gasteiger partial charge is 0.249 e. The van der Waals surface area contributed by atoms with Crippen LogP contribution in [0.25, 0.3) is 0 Å². The van der Waals surface area contributed by atoms with E-state index in [1.807, 2.05) is 13.8 Å². The molecular formula is C10H19NO3. The summed E-state index contributed by atoms with van der Waals surface area (Å²) < 4.78 is 5.21. The zero-order valence-electron chi connectivity index (χ0n) is 8.82. The second kappa shape index (κ2) is 5.32. The van der Waals surface area contributed by atoms with E-state index < -0.39 is 6.10 Å². The van der Waals surface area contributed by atoms with Gasteiger partial charge in [0.15, 0.2) is 0 Å². The molecule has 1 amide bonds. The molecule has 4 nitrogen and oxygen atoms in total. The molecule has 0 aromatic carbocycles. The van der Waals surface area contributed by atoms with Crippen LogP contribution in [0.2, 0.25) is 0 Å². The van der Waals surface area contributed by atoms with Crippen molar-refractivity contribution in [3.8, 4) is 0 Å². The summed E-state index contributed by atoms with van der Waals surface area (Å²) in [5.74, 6) is 0.0713. The van der Waals surface area contributed by atoms with E-state index in [1.54, 1.807) is 0 Å². The van der Waals surface area contributed by atoms with Crippen LogP contribution in [0.4, 0.5) is 0 Å². The number of amides is 1. The second-order valence-corrected chi connectivity index (χ2v) is 4.06. The minimum atomic E-state index is -0.472. The summed E-state index contributed by atoms with van der Waals surface area (Å²) in [4.78, 5) is 11.4. The number of aliphatic hydroxyl groups is 1. The Balaban J connectivity index is 2.20. The van der Waals surface area contributed by atoms with Crippen molar-refractivity contribution in [2.75, 3.05) is 13.2 Å². The molecule has 1 aliphatic heterocycles. The number of rotatable bonds is 4. The van der Waals surface area contributed by atoms with Crippen molar-refractivity contribution < 1.29 is 14.6 Å². The molecule has 0 radical (unpaired) electrons. The van der Waals surface area contributed by atoms with E-state index in [2.05, 4.69) is 5.32 Å². The highest BCUT2D eigenvalue weighted by molar-refractivity contribution is 5.80. The normalized spacial score (nSPS) is 23.9. The molecule has 14 heavy (non-hydrogen) atoms. The maximum Gasteiger partial charge on any atom is 0.249 e. The minimum Gasteiger partial charge on any atom is -0.391 e. The number of carbonyl (C=O) groups is 1. The molecule has 0 aromatic heterocycles. The first-order chi connectivity index (χ1) is 6.61. The summed E-state index contributed by atoms with van der Waals surface area (Å²) in [5, 5.41) is 12.2. The Kier molecular flexibility index (Phi) is 4.35. The van der Waals surface area contributed by atoms with Crippen molar-refractivity contribution in [3.05, 3.63) is 0 Å². The minimum absolute atomic E-state index is 0.0952. The number of ether oxygens (including phenoxy) is 1. The Morgan fingerprint density at radius 1 is 1.64 bits per heavy atom. The lowest BCUT2D eigenvalue weighted by Gasteiger charge is -2.16. The highest BCUT2D eigenvalue weighted by Crippen LogP contribution is 2.11. The van der Waals surface area contributed by atoms with E-state index in [-0.39, 0.29) is 17.9 Å². The Hall–Kier alpha value is -0.610. The fourth-order valence-corrected chi connectivity index (χ4v) is 1.34. The van der Waals surface area contributed by atoms with Crippen LogP contribution in [-0.2, 0) is 9.53 Å². The molecule has 2 atom stereocenters. The molecule has 2 N–H and O–H groups in total. The van der Waals surface area contributed by atoms with E-state index in [1.165, 1.54) is 0 Å². The van der Waals surface area contributed by atoms with Crippen LogP contribution in [0.1, 0.15) is 26.7 Å². The lowest BCUT2D eigenvalue weighted by Crippen LogP contribution is -2.40. The summed E-state index contributed by atoms with van der Waals surface area (Å²) in [5.41, 5.74) is 0. The predicted octanol–water partition coefficient (Wildman–Crippen LogP) is 0.298. The topological polar surface area (TPSA) is 58.6 Å². The molecule has 2 unspecified atom stereocenters. The van der Waals surface area contributed by atoms with Gasteiger partial charge in [-0.05, 0) is 18.8 Å². The molecule has 0 saturated carbocycles. The maximum atomic E-state index is 11.4. The highest BCUT2D eigenvalue weighted by Gasteiger charge is 2.23. The van der Waals surface area contributed by atoms with Gasteiger partial charge in [0.25, 0.3) is 0 Å². The average molecular weight is 201 g/mol. The van der Waals surface area contributed by atoms with Crippen LogP contribution in [0.5, 0.6) is 0 Å². The molecule has 1 fully saturated rings. The van der Waals surface area contributed by atoms with E-state index in [0.717, 1.165) is 12.8 Å². The van der Waals surface area contributed by atoms with Crippen LogP contribution < -0.4 is 5.32 Å². The van der Waals surface area contributed by atoms with Gasteiger partial charge in [-0.15, -0.1) is 0 Å². The van der Waals surface area contributed by atoms with Crippen LogP contribution in [-0.4, -0.2) is 36.4 Å². The van der Waals surface area contributed by atoms with Gasteiger partial charge < -0.3 is 15.2 Å². The number of carbonyl (C=O) groups excluding carboxylic acids is 1. The van der Waals surface area contributed by atoms with Gasteiger partial charge in [0.05, 0.1) is 6.10 Å². The molecule has 1 rings (SSSR count). The fraction of sp³-hybridized carbons (Fsp3) is 0.900. The van der Waals surface area contributed by atoms with Gasteiger partial charge in [-0.25, -0.2) is 0 Å². The highest BCUT2D eigenvalue weighted by atomic mass is 16.5. The third kappa shape index (κ3) is 3.27. The third-order valence-corrected chi connectivity index (χ3v) is 2.48. The van der Waals surface area contributed by atoms with Gasteiger partial charge in [0.2, 0.25) is 5.91 Å². The monoisotopic (exact) mass is 201 g/mol. The molecular weight excluding hydrogens is 182 g/mol. The largest absolute Gasteiger partial charge is 0.391 e. The fourth-order valence-electron chi connectivity index (χ4n) is 1.34. The van der Waals surface area contributed by atoms with Gasteiger partial charge in [-0.2, -0.15) is 0 Å². The Labute approximate surface area is 84.6 Å². The van der Waals surface area contributed by atoms with E-state index in [9.17, 15) is 9.90 Å². The lowest BCUT2D eigenvalue weighted by atomic mass is 10.1. The van der Waals surface area contributed by atoms with Gasteiger partial charge >= 0.3 is 0 Å². The first-order valence-electron chi connectivity index (χ1n) is 5.18. The zero-order valence-corrected chi connectivity index (χ0v) is 8.82. The summed E-state index contributed by atoms with van der Waals surface area (Å²) in [6.07, 6.45) is 0.976. The van der Waals surface area contributed by atoms with Gasteiger partial charge in [-0.3, -0.25) is 4.79 Å². The number of hydrogen-bond donors (Lipinski definition) is 2. The molecule has 0 aliphatic carbocycles. The Morgan fingerprint density at radius 3 is 2.86 bits per heavy atom. The van der Waals surface area contributed by atoms with Crippen molar-refractivity contribution in [1.82, 2.24) is 5.32 Å². The maximum absolute atomic E-state index is 11.4. The van der Waals surface area contributed by atoms with Crippen molar-refractivity contribution in [2.24, 2.45) is 5.92 Å². The zero-order chi connectivity index (χ0) is 10.6. The predicted molar refractivity (Wildman–Crippen MR) is 52.8 cm³/mol. The summed E-state index contributed by atoms with van der Waals surface area (Å²) in [6.45, 7) is 4.83. The molecule has 82 valence electrons. The van der Waals surface area contributed by atoms with Gasteiger partial charge in [0, 0.05) is 13.2 Å². The van der Waals surface area contributed by atoms with E-state index in [0.29, 0.717) is 13.2 Å². The summed E-state index contributed by atoms with van der Waals surface area (Å²) in [6, 6.07) is 0. The third-order valence-electron chi connectivity index (χ3n) is 2.48. The summed E-state index contributed by atoms with van der Waals surface area (Å²) >= 11 is 0. The van der Waals surface area contributed by atoms with Gasteiger partial charge in [0.1, 0.15) is 6.10 Å². The Morgan fingerprint density at radius 2 is 2.36 bits per heavy atom. The standard InChI is InChI=1S/C10H19NO3/c1-7(2)8(12)6-11-10(13)9-4-3-5-14-9/h7-9,12H,3-6H2,1-2H3,(H,11,13). The summed E-state index contributed by atoms with van der Waals surface area (Å²) in [7, 11) is 0. The van der Waals surface area contributed by atoms with E-state index >= 15 is 0 Å². The number of aliphatic hydroxyl groups excluding tert-OH is 1. The number of hydrogen-bond acceptors (Lipinski definition) is 3. The Bertz CT molecular complexity index is 188. The number of nitrogens with one attached hydrogen (secondary N) is 1. The van der Waals surface area contributed by atoms with Crippen molar-refractivity contribution in [1.29, 1.82) is 0 Å². The molecule has 0 aromatic rings. The quantitative estimate of drug-likeness (QED) is 0.687. The molecule has 4 heteroatoms. The van der Waals surface area contributed by atoms with Crippen molar-refractivity contribution in [2.45, 2.75) is 38.9 Å². The second-order valence-electron chi connectivity index (χ2n) is 4.06. The van der Waals surface area contributed by atoms with Crippen LogP contribution >= 0.6 is 0 Å². The van der Waals surface area contributed by atoms with Crippen molar-refractivity contribution in [3.63, 3.8) is 0 Å². The van der Waals surface area contributed by atoms with Crippen LogP contribution in [0.3, 0.4) is 0 Å². The molecule has 1 heterocycles. The first-order valence-corrected chi connectivity index (χ1v) is 5.18. The first kappa shape index (κ1) is 11.5. The van der Waals surface area contributed by atoms with Crippen molar-refractivity contribution >= 4 is 5.91 Å². The van der Waals surface area contributed by atoms with Gasteiger partial charge in [-0.1, -0.05) is 13.8 Å². The SMILES string of the molecule is CC(C)C(O)CNC(=O)C1CCCO1. The molecule has 0 bridgehead atoms. The van der Waals surface area contributed by atoms with Crippen LogP contribution in [0.15, 0.2) is 0 Å². The molecule has 1 saturated heterocycles. The van der Waals surface area contributed by atoms with Crippen LogP contribution in [0, 0.1) is 5.92 Å². The van der Waals surface area contributed by atoms with E-state index in [4.69, 9.17) is 4.74 Å². The molecule has 0 spiro atoms.